The molecule has 0 fully saturated rings. The Morgan fingerprint density at radius 2 is 2.19 bits per heavy atom. The first-order valence-electron chi connectivity index (χ1n) is 5.48. The van der Waals surface area contributed by atoms with Gasteiger partial charge in [-0.2, -0.15) is 5.10 Å². The van der Waals surface area contributed by atoms with Gasteiger partial charge in [0.1, 0.15) is 11.8 Å². The normalized spacial score (nSPS) is 10.0. The minimum atomic E-state index is -0.0771. The van der Waals surface area contributed by atoms with E-state index in [1.165, 1.54) is 6.33 Å². The molecule has 0 aromatic carbocycles. The topological polar surface area (TPSA) is 50.2 Å². The van der Waals surface area contributed by atoms with Crippen LogP contribution in [0.15, 0.2) is 17.2 Å². The van der Waals surface area contributed by atoms with Crippen LogP contribution in [0.4, 0.5) is 0 Å². The smallest absolute Gasteiger partial charge is 0.276 e. The summed E-state index contributed by atoms with van der Waals surface area (Å²) in [7, 11) is 0. The van der Waals surface area contributed by atoms with Crippen molar-refractivity contribution in [1.29, 1.82) is 0 Å². The van der Waals surface area contributed by atoms with Gasteiger partial charge in [0, 0.05) is 9.26 Å². The van der Waals surface area contributed by atoms with Gasteiger partial charge in [0.15, 0.2) is 0 Å². The maximum Gasteiger partial charge on any atom is 0.276 e. The summed E-state index contributed by atoms with van der Waals surface area (Å²) in [6.07, 6.45) is 3.43. The van der Waals surface area contributed by atoms with Gasteiger partial charge in [0.25, 0.3) is 5.56 Å². The molecule has 88 valence electrons. The Morgan fingerprint density at radius 3 is 2.81 bits per heavy atom. The van der Waals surface area contributed by atoms with Crippen molar-refractivity contribution in [2.75, 3.05) is 0 Å². The molecule has 0 spiro atoms. The lowest BCUT2D eigenvalue weighted by atomic mass is 10.3. The van der Waals surface area contributed by atoms with Crippen LogP contribution in [0.1, 0.15) is 32.9 Å². The highest BCUT2D eigenvalue weighted by Crippen LogP contribution is 2.15. The zero-order valence-corrected chi connectivity index (χ0v) is 11.9. The third-order valence-electron chi connectivity index (χ3n) is 2.09. The number of hydrogen-bond donors (Lipinski definition) is 1. The van der Waals surface area contributed by atoms with Gasteiger partial charge in [0.05, 0.1) is 0 Å². The molecule has 0 saturated carbocycles. The van der Waals surface area contributed by atoms with Crippen LogP contribution in [0.2, 0.25) is 0 Å². The minimum absolute atomic E-state index is 0.0771. The second kappa shape index (κ2) is 6.03. The average Bonchev–Trinajstić information content (AvgIpc) is 2.61. The van der Waals surface area contributed by atoms with Gasteiger partial charge in [-0.1, -0.05) is 27.2 Å². The van der Waals surface area contributed by atoms with E-state index in [1.54, 1.807) is 4.52 Å². The van der Waals surface area contributed by atoms with Crippen molar-refractivity contribution in [2.45, 2.75) is 33.6 Å². The maximum absolute atomic E-state index is 11.5. The highest BCUT2D eigenvalue weighted by molar-refractivity contribution is 14.1. The molecule has 0 aliphatic heterocycles. The summed E-state index contributed by atoms with van der Waals surface area (Å²) >= 11 is 2.16. The van der Waals surface area contributed by atoms with Crippen molar-refractivity contribution in [1.82, 2.24) is 14.6 Å². The molecule has 2 aromatic rings. The van der Waals surface area contributed by atoms with Crippen molar-refractivity contribution < 1.29 is 0 Å². The molecule has 1 N–H and O–H groups in total. The van der Waals surface area contributed by atoms with Gasteiger partial charge < -0.3 is 4.98 Å². The van der Waals surface area contributed by atoms with E-state index in [1.807, 2.05) is 19.9 Å². The molecule has 0 aliphatic rings. The van der Waals surface area contributed by atoms with E-state index in [4.69, 9.17) is 0 Å². The molecule has 0 atom stereocenters. The Morgan fingerprint density at radius 1 is 1.50 bits per heavy atom. The molecule has 2 rings (SSSR count). The average molecular weight is 333 g/mol. The van der Waals surface area contributed by atoms with Crippen molar-refractivity contribution >= 4 is 28.1 Å². The Hall–Kier alpha value is -0.850. The second-order valence-corrected chi connectivity index (χ2v) is 4.27. The van der Waals surface area contributed by atoms with Crippen LogP contribution in [-0.2, 0) is 6.42 Å². The fraction of sp³-hybridized carbons (Fsp3) is 0.455. The molecule has 2 aromatic heterocycles. The van der Waals surface area contributed by atoms with Crippen LogP contribution < -0.4 is 5.56 Å². The van der Waals surface area contributed by atoms with Gasteiger partial charge >= 0.3 is 0 Å². The van der Waals surface area contributed by atoms with Gasteiger partial charge in [-0.25, -0.2) is 4.52 Å². The number of rotatable bonds is 2. The van der Waals surface area contributed by atoms with Crippen molar-refractivity contribution in [2.24, 2.45) is 0 Å². The number of aromatic amines is 1. The largest absolute Gasteiger partial charge is 0.310 e. The third-order valence-corrected chi connectivity index (χ3v) is 2.92. The van der Waals surface area contributed by atoms with E-state index < -0.39 is 0 Å². The van der Waals surface area contributed by atoms with Crippen molar-refractivity contribution in [3.05, 3.63) is 32.0 Å². The Kier molecular flexibility index (Phi) is 4.98. The highest BCUT2D eigenvalue weighted by atomic mass is 127. The number of aryl methyl sites for hydroxylation is 1. The number of hydrogen-bond acceptors (Lipinski definition) is 2. The van der Waals surface area contributed by atoms with Crippen LogP contribution in [0, 0.1) is 3.57 Å². The van der Waals surface area contributed by atoms with E-state index in [2.05, 4.69) is 39.6 Å². The number of nitrogens with one attached hydrogen (secondary N) is 1. The summed E-state index contributed by atoms with van der Waals surface area (Å²) in [6.45, 7) is 6.11. The molecule has 5 heteroatoms. The first kappa shape index (κ1) is 13.2. The lowest BCUT2D eigenvalue weighted by molar-refractivity contribution is 0.788. The third kappa shape index (κ3) is 2.45. The number of halogens is 1. The summed E-state index contributed by atoms with van der Waals surface area (Å²) in [5.74, 6) is 0. The highest BCUT2D eigenvalue weighted by Gasteiger charge is 2.09. The monoisotopic (exact) mass is 333 g/mol. The minimum Gasteiger partial charge on any atom is -0.310 e. The molecule has 4 nitrogen and oxygen atoms in total. The standard InChI is InChI=1S/C9H10IN3O.C2H6/c1-2-3-6-4-7(10)8-9(14)11-5-12-13(6)8;1-2/h4-5H,2-3H2,1H3,(H,11,12,14);1-2H3. The quantitative estimate of drug-likeness (QED) is 0.859. The molecule has 0 unspecified atom stereocenters. The summed E-state index contributed by atoms with van der Waals surface area (Å²) in [4.78, 5) is 14.1. The number of nitrogens with zero attached hydrogens (tertiary/aromatic N) is 2. The molecular formula is C11H16IN3O. The van der Waals surface area contributed by atoms with E-state index in [9.17, 15) is 4.79 Å². The predicted molar refractivity (Wildman–Crippen MR) is 73.9 cm³/mol. The molecular weight excluding hydrogens is 317 g/mol. The molecule has 0 radical (unpaired) electrons. The lowest BCUT2D eigenvalue weighted by Gasteiger charge is -1.97. The van der Waals surface area contributed by atoms with Gasteiger partial charge in [0.2, 0.25) is 0 Å². The van der Waals surface area contributed by atoms with Crippen LogP contribution in [0.5, 0.6) is 0 Å². The zero-order chi connectivity index (χ0) is 12.1. The Balaban J connectivity index is 0.000000606. The van der Waals surface area contributed by atoms with Crippen molar-refractivity contribution in [3.63, 3.8) is 0 Å². The van der Waals surface area contributed by atoms with Gasteiger partial charge in [-0.05, 0) is 35.1 Å². The fourth-order valence-corrected chi connectivity index (χ4v) is 2.34. The summed E-state index contributed by atoms with van der Waals surface area (Å²) < 4.78 is 2.68. The zero-order valence-electron chi connectivity index (χ0n) is 9.75. The molecule has 0 aliphatic carbocycles. The lowest BCUT2D eigenvalue weighted by Crippen LogP contribution is -2.12. The van der Waals surface area contributed by atoms with Gasteiger partial charge in [-0.3, -0.25) is 4.79 Å². The number of fused-ring (bicyclic) bond motifs is 1. The number of aromatic nitrogens is 3. The van der Waals surface area contributed by atoms with Crippen molar-refractivity contribution in [3.8, 4) is 0 Å². The van der Waals surface area contributed by atoms with E-state index in [0.29, 0.717) is 5.52 Å². The molecule has 16 heavy (non-hydrogen) atoms. The first-order chi connectivity index (χ1) is 7.74. The van der Waals surface area contributed by atoms with Crippen LogP contribution in [0.25, 0.3) is 5.52 Å². The van der Waals surface area contributed by atoms with Crippen LogP contribution in [-0.4, -0.2) is 14.6 Å². The maximum atomic E-state index is 11.5. The van der Waals surface area contributed by atoms with E-state index >= 15 is 0 Å². The number of H-pyrrole nitrogens is 1. The van der Waals surface area contributed by atoms with E-state index in [0.717, 1.165) is 22.1 Å². The Labute approximate surface area is 108 Å². The van der Waals surface area contributed by atoms with Crippen LogP contribution in [0.3, 0.4) is 0 Å². The molecule has 0 bridgehead atoms. The summed E-state index contributed by atoms with van der Waals surface area (Å²) in [5.41, 5.74) is 1.67. The predicted octanol–water partition coefficient (Wildman–Crippen LogP) is 2.61. The summed E-state index contributed by atoms with van der Waals surface area (Å²) in [6, 6.07) is 2.02. The van der Waals surface area contributed by atoms with Crippen LogP contribution >= 0.6 is 22.6 Å². The molecule has 2 heterocycles. The molecule has 0 amide bonds. The Bertz CT molecular complexity index is 515. The molecule has 0 saturated heterocycles. The second-order valence-electron chi connectivity index (χ2n) is 3.11. The van der Waals surface area contributed by atoms with E-state index in [-0.39, 0.29) is 5.56 Å². The van der Waals surface area contributed by atoms with Gasteiger partial charge in [-0.15, -0.1) is 0 Å². The SMILES string of the molecule is CC.CCCc1cc(I)c2c(=O)[nH]cnn12. The first-order valence-corrected chi connectivity index (χ1v) is 6.55. The fourth-order valence-electron chi connectivity index (χ4n) is 1.50. The summed E-state index contributed by atoms with van der Waals surface area (Å²) in [5, 5.41) is 4.14.